The van der Waals surface area contributed by atoms with Crippen LogP contribution in [0, 0.1) is 5.92 Å². The van der Waals surface area contributed by atoms with Gasteiger partial charge in [-0.1, -0.05) is 39.3 Å². The molecule has 27 heavy (non-hydrogen) atoms. The van der Waals surface area contributed by atoms with Crippen LogP contribution in [-0.4, -0.2) is 41.8 Å². The molecule has 7 heteroatoms. The number of unbranched alkanes of at least 4 members (excludes halogenated alkanes) is 1. The van der Waals surface area contributed by atoms with Gasteiger partial charge in [0.2, 0.25) is 0 Å². The predicted molar refractivity (Wildman–Crippen MR) is 105 cm³/mol. The molecule has 1 saturated heterocycles. The van der Waals surface area contributed by atoms with Crippen LogP contribution in [0.2, 0.25) is 0 Å². The highest BCUT2D eigenvalue weighted by molar-refractivity contribution is 8.18. The van der Waals surface area contributed by atoms with Crippen molar-refractivity contribution in [2.24, 2.45) is 5.92 Å². The number of imide groups is 1. The van der Waals surface area contributed by atoms with Crippen molar-refractivity contribution in [3.63, 3.8) is 0 Å². The van der Waals surface area contributed by atoms with Crippen LogP contribution in [0.1, 0.15) is 39.2 Å². The van der Waals surface area contributed by atoms with Crippen molar-refractivity contribution in [3.05, 3.63) is 34.7 Å². The van der Waals surface area contributed by atoms with Gasteiger partial charge in [-0.05, 0) is 47.9 Å². The topological polar surface area (TPSA) is 72.9 Å². The van der Waals surface area contributed by atoms with E-state index < -0.39 is 17.1 Å². The van der Waals surface area contributed by atoms with E-state index in [0.29, 0.717) is 6.61 Å². The molecule has 146 valence electrons. The summed E-state index contributed by atoms with van der Waals surface area (Å²) in [6, 6.07) is 7.31. The molecule has 0 N–H and O–H groups in total. The molecule has 2 rings (SSSR count). The van der Waals surface area contributed by atoms with Gasteiger partial charge in [-0.2, -0.15) is 0 Å². The highest BCUT2D eigenvalue weighted by Gasteiger charge is 2.36. The second kappa shape index (κ2) is 10.2. The molecule has 0 aliphatic carbocycles. The van der Waals surface area contributed by atoms with Gasteiger partial charge in [0.05, 0.1) is 18.1 Å². The molecule has 1 fully saturated rings. The van der Waals surface area contributed by atoms with E-state index in [4.69, 9.17) is 9.47 Å². The second-order valence-corrected chi connectivity index (χ2v) is 7.61. The molecule has 6 nitrogen and oxygen atoms in total. The van der Waals surface area contributed by atoms with Crippen LogP contribution >= 0.6 is 11.8 Å². The van der Waals surface area contributed by atoms with Gasteiger partial charge in [-0.3, -0.25) is 19.3 Å². The summed E-state index contributed by atoms with van der Waals surface area (Å²) in [5.74, 6) is -0.102. The zero-order chi connectivity index (χ0) is 19.8. The third-order valence-corrected chi connectivity index (χ3v) is 4.59. The van der Waals surface area contributed by atoms with Crippen molar-refractivity contribution in [3.8, 4) is 5.75 Å². The Balaban J connectivity index is 1.97. The smallest absolute Gasteiger partial charge is 0.326 e. The fourth-order valence-electron chi connectivity index (χ4n) is 2.22. The first-order valence-corrected chi connectivity index (χ1v) is 9.86. The summed E-state index contributed by atoms with van der Waals surface area (Å²) in [4.78, 5) is 37.5. The second-order valence-electron chi connectivity index (χ2n) is 6.62. The third-order valence-electron chi connectivity index (χ3n) is 3.68. The number of hydrogen-bond donors (Lipinski definition) is 0. The summed E-state index contributed by atoms with van der Waals surface area (Å²) < 4.78 is 10.6. The maximum Gasteiger partial charge on any atom is 0.326 e. The molecule has 0 spiro atoms. The number of rotatable bonds is 9. The number of nitrogens with zero attached hydrogens (tertiary/aromatic N) is 1. The van der Waals surface area contributed by atoms with E-state index in [0.717, 1.165) is 40.8 Å². The van der Waals surface area contributed by atoms with Crippen LogP contribution in [0.5, 0.6) is 5.75 Å². The Bertz CT molecular complexity index is 712. The summed E-state index contributed by atoms with van der Waals surface area (Å²) in [7, 11) is 0. The van der Waals surface area contributed by atoms with Crippen LogP contribution < -0.4 is 4.74 Å². The van der Waals surface area contributed by atoms with Gasteiger partial charge in [-0.25, -0.2) is 0 Å². The quantitative estimate of drug-likeness (QED) is 0.358. The molecule has 0 saturated carbocycles. The number of ether oxygens (including phenoxy) is 2. The molecular weight excluding hydrogens is 366 g/mol. The van der Waals surface area contributed by atoms with E-state index >= 15 is 0 Å². The molecule has 1 heterocycles. The summed E-state index contributed by atoms with van der Waals surface area (Å²) in [5.41, 5.74) is 0.783. The van der Waals surface area contributed by atoms with Crippen molar-refractivity contribution in [1.29, 1.82) is 0 Å². The van der Waals surface area contributed by atoms with E-state index in [1.54, 1.807) is 6.08 Å². The van der Waals surface area contributed by atoms with Gasteiger partial charge in [0.15, 0.2) is 0 Å². The summed E-state index contributed by atoms with van der Waals surface area (Å²) in [6.45, 7) is 6.49. The lowest BCUT2D eigenvalue weighted by Gasteiger charge is -2.12. The number of amides is 2. The minimum Gasteiger partial charge on any atom is -0.494 e. The molecule has 0 unspecified atom stereocenters. The van der Waals surface area contributed by atoms with Crippen LogP contribution in [0.3, 0.4) is 0 Å². The molecule has 1 aliphatic heterocycles. The molecule has 2 amide bonds. The molecular formula is C20H25NO5S. The van der Waals surface area contributed by atoms with Gasteiger partial charge in [-0.15, -0.1) is 0 Å². The standard InChI is InChI=1S/C20H25NO5S/c1-4-5-10-25-16-8-6-15(7-9-16)11-17-19(23)21(20(24)27-17)12-18(22)26-13-14(2)3/h6-9,11,14H,4-5,10,12-13H2,1-3H3/b17-11-. The maximum absolute atomic E-state index is 12.4. The molecule has 0 radical (unpaired) electrons. The van der Waals surface area contributed by atoms with Gasteiger partial charge in [0.1, 0.15) is 12.3 Å². The average Bonchev–Trinajstić information content (AvgIpc) is 2.89. The van der Waals surface area contributed by atoms with Gasteiger partial charge in [0, 0.05) is 0 Å². The molecule has 0 bridgehead atoms. The lowest BCUT2D eigenvalue weighted by Crippen LogP contribution is -2.34. The van der Waals surface area contributed by atoms with Gasteiger partial charge in [0.25, 0.3) is 11.1 Å². The van der Waals surface area contributed by atoms with Gasteiger partial charge >= 0.3 is 5.97 Å². The number of carbonyl (C=O) groups is 3. The Labute approximate surface area is 163 Å². The number of thioether (sulfide) groups is 1. The molecule has 0 aromatic heterocycles. The van der Waals surface area contributed by atoms with Gasteiger partial charge < -0.3 is 9.47 Å². The predicted octanol–water partition coefficient (Wildman–Crippen LogP) is 4.10. The Morgan fingerprint density at radius 1 is 1.22 bits per heavy atom. The van der Waals surface area contributed by atoms with E-state index in [1.807, 2.05) is 38.1 Å². The first-order valence-electron chi connectivity index (χ1n) is 9.04. The summed E-state index contributed by atoms with van der Waals surface area (Å²) in [6.07, 6.45) is 3.70. The Hall–Kier alpha value is -2.28. The number of carbonyl (C=O) groups excluding carboxylic acids is 3. The van der Waals surface area contributed by atoms with E-state index in [-0.39, 0.29) is 24.0 Å². The van der Waals surface area contributed by atoms with Crippen molar-refractivity contribution in [1.82, 2.24) is 4.90 Å². The minimum atomic E-state index is -0.583. The van der Waals surface area contributed by atoms with Crippen molar-refractivity contribution in [2.45, 2.75) is 33.6 Å². The number of hydrogen-bond acceptors (Lipinski definition) is 6. The van der Waals surface area contributed by atoms with Crippen molar-refractivity contribution >= 4 is 35.0 Å². The summed E-state index contributed by atoms with van der Waals surface area (Å²) >= 11 is 0.824. The zero-order valence-electron chi connectivity index (χ0n) is 15.9. The fraction of sp³-hybridized carbons (Fsp3) is 0.450. The highest BCUT2D eigenvalue weighted by Crippen LogP contribution is 2.32. The fourth-order valence-corrected chi connectivity index (χ4v) is 3.05. The van der Waals surface area contributed by atoms with E-state index in [1.165, 1.54) is 0 Å². The Kier molecular flexibility index (Phi) is 7.91. The minimum absolute atomic E-state index is 0.192. The monoisotopic (exact) mass is 391 g/mol. The lowest BCUT2D eigenvalue weighted by atomic mass is 10.2. The van der Waals surface area contributed by atoms with E-state index in [2.05, 4.69) is 6.92 Å². The number of esters is 1. The van der Waals surface area contributed by atoms with E-state index in [9.17, 15) is 14.4 Å². The summed E-state index contributed by atoms with van der Waals surface area (Å²) in [5, 5.41) is -0.465. The van der Waals surface area contributed by atoms with Crippen LogP contribution in [0.4, 0.5) is 4.79 Å². The SMILES string of the molecule is CCCCOc1ccc(/C=C2\SC(=O)N(CC(=O)OCC(C)C)C2=O)cc1. The normalized spacial score (nSPS) is 15.7. The van der Waals surface area contributed by atoms with Crippen LogP contribution in [-0.2, 0) is 14.3 Å². The van der Waals surface area contributed by atoms with Crippen LogP contribution in [0.15, 0.2) is 29.2 Å². The largest absolute Gasteiger partial charge is 0.494 e. The first kappa shape index (κ1) is 21.0. The van der Waals surface area contributed by atoms with Crippen molar-refractivity contribution in [2.75, 3.05) is 19.8 Å². The Morgan fingerprint density at radius 2 is 1.93 bits per heavy atom. The first-order chi connectivity index (χ1) is 12.9. The zero-order valence-corrected chi connectivity index (χ0v) is 16.7. The third kappa shape index (κ3) is 6.43. The highest BCUT2D eigenvalue weighted by atomic mass is 32.2. The average molecular weight is 391 g/mol. The molecule has 1 aliphatic rings. The lowest BCUT2D eigenvalue weighted by molar-refractivity contribution is -0.147. The Morgan fingerprint density at radius 3 is 2.56 bits per heavy atom. The van der Waals surface area contributed by atoms with Crippen molar-refractivity contribution < 1.29 is 23.9 Å². The number of benzene rings is 1. The molecule has 1 aromatic rings. The molecule has 1 aromatic carbocycles. The van der Waals surface area contributed by atoms with Crippen LogP contribution in [0.25, 0.3) is 6.08 Å². The maximum atomic E-state index is 12.4. The molecule has 0 atom stereocenters.